The number of carbonyl (C=O) groups excluding carboxylic acids is 2. The summed E-state index contributed by atoms with van der Waals surface area (Å²) < 4.78 is 6.64. The summed E-state index contributed by atoms with van der Waals surface area (Å²) in [5, 5.41) is 25.9. The lowest BCUT2D eigenvalue weighted by molar-refractivity contribution is -0.124. The second-order valence-corrected chi connectivity index (χ2v) is 6.73. The van der Waals surface area contributed by atoms with Crippen molar-refractivity contribution in [3.05, 3.63) is 59.8 Å². The number of urea groups is 1. The number of carboxylic acid groups (broad SMARTS) is 1. The number of methoxy groups -OCH3 is 1. The van der Waals surface area contributed by atoms with Crippen LogP contribution in [0.15, 0.2) is 48.7 Å². The molecular formula is C20H17N3O6. The maximum Gasteiger partial charge on any atom is 0.335 e. The van der Waals surface area contributed by atoms with Crippen LogP contribution in [0.4, 0.5) is 4.79 Å². The van der Waals surface area contributed by atoms with Crippen molar-refractivity contribution >= 4 is 28.7 Å². The van der Waals surface area contributed by atoms with E-state index in [-0.39, 0.29) is 18.0 Å². The minimum Gasteiger partial charge on any atom is -0.497 e. The van der Waals surface area contributed by atoms with Gasteiger partial charge < -0.3 is 24.8 Å². The maximum atomic E-state index is 12.7. The predicted octanol–water partition coefficient (Wildman–Crippen LogP) is 1.79. The van der Waals surface area contributed by atoms with Crippen molar-refractivity contribution in [2.24, 2.45) is 0 Å². The van der Waals surface area contributed by atoms with E-state index in [1.54, 1.807) is 24.4 Å². The molecule has 0 bridgehead atoms. The maximum absolute atomic E-state index is 12.7. The van der Waals surface area contributed by atoms with Gasteiger partial charge in [-0.05, 0) is 35.9 Å². The van der Waals surface area contributed by atoms with Crippen LogP contribution in [0.3, 0.4) is 0 Å². The number of benzene rings is 2. The number of nitrogens with zero attached hydrogens (tertiary/aromatic N) is 1. The van der Waals surface area contributed by atoms with Crippen molar-refractivity contribution < 1.29 is 29.3 Å². The van der Waals surface area contributed by atoms with Gasteiger partial charge in [0.2, 0.25) is 0 Å². The van der Waals surface area contributed by atoms with Crippen LogP contribution in [-0.4, -0.2) is 39.8 Å². The third-order valence-electron chi connectivity index (χ3n) is 5.04. The molecule has 1 aliphatic rings. The minimum absolute atomic E-state index is 0.0512. The number of nitrogens with one attached hydrogen (secondary N) is 2. The van der Waals surface area contributed by atoms with E-state index in [1.807, 2.05) is 0 Å². The quantitative estimate of drug-likeness (QED) is 0.488. The third-order valence-corrected chi connectivity index (χ3v) is 5.04. The van der Waals surface area contributed by atoms with Crippen LogP contribution >= 0.6 is 0 Å². The van der Waals surface area contributed by atoms with Gasteiger partial charge in [0, 0.05) is 17.0 Å². The molecule has 29 heavy (non-hydrogen) atoms. The summed E-state index contributed by atoms with van der Waals surface area (Å²) in [6.07, 6.45) is 1.66. The molecule has 3 amide bonds. The van der Waals surface area contributed by atoms with Gasteiger partial charge in [0.25, 0.3) is 5.91 Å². The normalized spacial score (nSPS) is 18.5. The number of aromatic carboxylic acids is 1. The molecule has 1 fully saturated rings. The number of fused-ring (bicyclic) bond motifs is 1. The van der Waals surface area contributed by atoms with E-state index >= 15 is 0 Å². The van der Waals surface area contributed by atoms with Gasteiger partial charge in [0.15, 0.2) is 11.4 Å². The highest BCUT2D eigenvalue weighted by Crippen LogP contribution is 2.34. The average Bonchev–Trinajstić information content (AvgIpc) is 3.17. The summed E-state index contributed by atoms with van der Waals surface area (Å²) in [5.41, 5.74) is -1.07. The Morgan fingerprint density at radius 2 is 1.90 bits per heavy atom. The Morgan fingerprint density at radius 3 is 2.48 bits per heavy atom. The number of aromatic hydroxyl groups is 1. The van der Waals surface area contributed by atoms with Gasteiger partial charge in [-0.2, -0.15) is 0 Å². The highest BCUT2D eigenvalue weighted by Gasteiger charge is 2.48. The molecule has 0 unspecified atom stereocenters. The fourth-order valence-corrected chi connectivity index (χ4v) is 3.52. The highest BCUT2D eigenvalue weighted by molar-refractivity contribution is 6.07. The van der Waals surface area contributed by atoms with Crippen molar-refractivity contribution in [2.45, 2.75) is 12.1 Å². The zero-order valence-corrected chi connectivity index (χ0v) is 15.3. The molecule has 4 N–H and O–H groups in total. The van der Waals surface area contributed by atoms with E-state index in [9.17, 15) is 19.5 Å². The summed E-state index contributed by atoms with van der Waals surface area (Å²) in [6, 6.07) is 10.2. The highest BCUT2D eigenvalue weighted by atomic mass is 16.5. The van der Waals surface area contributed by atoms with Gasteiger partial charge >= 0.3 is 12.0 Å². The van der Waals surface area contributed by atoms with Crippen LogP contribution in [0.25, 0.3) is 10.8 Å². The molecular weight excluding hydrogens is 378 g/mol. The molecule has 9 nitrogen and oxygen atoms in total. The first kappa shape index (κ1) is 18.4. The Bertz CT molecular complexity index is 1150. The summed E-state index contributed by atoms with van der Waals surface area (Å²) in [4.78, 5) is 35.8. The van der Waals surface area contributed by atoms with E-state index in [4.69, 9.17) is 9.84 Å². The fraction of sp³-hybridized carbons (Fsp3) is 0.150. The molecule has 4 rings (SSSR count). The molecule has 3 aromatic rings. The lowest BCUT2D eigenvalue weighted by atomic mass is 9.89. The molecule has 0 spiro atoms. The van der Waals surface area contributed by atoms with Gasteiger partial charge in [-0.3, -0.25) is 10.1 Å². The summed E-state index contributed by atoms with van der Waals surface area (Å²) in [7, 11) is 1.52. The average molecular weight is 395 g/mol. The lowest BCUT2D eigenvalue weighted by Crippen LogP contribution is -2.47. The number of amides is 3. The van der Waals surface area contributed by atoms with E-state index in [1.165, 1.54) is 35.9 Å². The van der Waals surface area contributed by atoms with Gasteiger partial charge in [-0.1, -0.05) is 12.1 Å². The van der Waals surface area contributed by atoms with Crippen molar-refractivity contribution in [3.63, 3.8) is 0 Å². The molecule has 0 radical (unpaired) electrons. The number of aromatic nitrogens is 1. The molecule has 148 valence electrons. The van der Waals surface area contributed by atoms with Gasteiger partial charge in [-0.25, -0.2) is 9.59 Å². The van der Waals surface area contributed by atoms with Crippen molar-refractivity contribution in [2.75, 3.05) is 7.11 Å². The van der Waals surface area contributed by atoms with Crippen molar-refractivity contribution in [1.82, 2.24) is 15.2 Å². The standard InChI is InChI=1S/C20H17N3O6/c1-29-14-7-4-12-9-23(16(24)15(12)8-14)10-20(18(27)21-19(28)22-20)13-5-2-11(3-6-13)17(25)26/h2-9,24H,10H2,1H3,(H,25,26)(H2,21,22,27,28)/t20-/m0/s1. The zero-order valence-electron chi connectivity index (χ0n) is 15.3. The van der Waals surface area contributed by atoms with Gasteiger partial charge in [0.1, 0.15) is 5.75 Å². The number of carboxylic acids is 1. The van der Waals surface area contributed by atoms with Crippen LogP contribution < -0.4 is 15.4 Å². The van der Waals surface area contributed by atoms with E-state index in [0.29, 0.717) is 16.7 Å². The van der Waals surface area contributed by atoms with Crippen molar-refractivity contribution in [3.8, 4) is 11.6 Å². The second kappa shape index (κ2) is 6.55. The second-order valence-electron chi connectivity index (χ2n) is 6.73. The zero-order chi connectivity index (χ0) is 20.8. The first-order chi connectivity index (χ1) is 13.8. The number of ether oxygens (including phenoxy) is 1. The molecule has 2 aromatic carbocycles. The van der Waals surface area contributed by atoms with Gasteiger partial charge in [-0.15, -0.1) is 0 Å². The Labute approximate surface area is 164 Å². The lowest BCUT2D eigenvalue weighted by Gasteiger charge is -2.27. The largest absolute Gasteiger partial charge is 0.497 e. The van der Waals surface area contributed by atoms with Crippen LogP contribution in [-0.2, 0) is 16.9 Å². The molecule has 2 heterocycles. The first-order valence-corrected chi connectivity index (χ1v) is 8.67. The molecule has 1 saturated heterocycles. The third kappa shape index (κ3) is 2.92. The minimum atomic E-state index is -1.51. The fourth-order valence-electron chi connectivity index (χ4n) is 3.52. The van der Waals surface area contributed by atoms with Crippen LogP contribution in [0.5, 0.6) is 11.6 Å². The summed E-state index contributed by atoms with van der Waals surface area (Å²) >= 11 is 0. The number of hydrogen-bond donors (Lipinski definition) is 4. The number of hydrogen-bond acceptors (Lipinski definition) is 5. The molecule has 1 aliphatic heterocycles. The Hall–Kier alpha value is -4.01. The molecule has 9 heteroatoms. The topological polar surface area (TPSA) is 130 Å². The van der Waals surface area contributed by atoms with Crippen molar-refractivity contribution in [1.29, 1.82) is 0 Å². The van der Waals surface area contributed by atoms with Crippen LogP contribution in [0.1, 0.15) is 15.9 Å². The SMILES string of the molecule is COc1ccc2cn(C[C@@]3(c4ccc(C(=O)O)cc4)NC(=O)NC3=O)c(O)c2c1. The Kier molecular flexibility index (Phi) is 4.15. The first-order valence-electron chi connectivity index (χ1n) is 8.67. The smallest absolute Gasteiger partial charge is 0.335 e. The molecule has 0 aliphatic carbocycles. The molecule has 1 atom stereocenters. The molecule has 1 aromatic heterocycles. The van der Waals surface area contributed by atoms with Crippen LogP contribution in [0, 0.1) is 0 Å². The monoisotopic (exact) mass is 395 g/mol. The van der Waals surface area contributed by atoms with E-state index in [0.717, 1.165) is 5.39 Å². The predicted molar refractivity (Wildman–Crippen MR) is 102 cm³/mol. The van der Waals surface area contributed by atoms with Crippen LogP contribution in [0.2, 0.25) is 0 Å². The number of rotatable bonds is 5. The summed E-state index contributed by atoms with van der Waals surface area (Å²) in [5.74, 6) is -1.22. The van der Waals surface area contributed by atoms with Gasteiger partial charge in [0.05, 0.1) is 19.2 Å². The van der Waals surface area contributed by atoms with E-state index in [2.05, 4.69) is 10.6 Å². The Balaban J connectivity index is 1.80. The Morgan fingerprint density at radius 1 is 1.17 bits per heavy atom. The molecule has 0 saturated carbocycles. The number of carbonyl (C=O) groups is 3. The number of imide groups is 1. The van der Waals surface area contributed by atoms with E-state index < -0.39 is 23.4 Å². The summed E-state index contributed by atoms with van der Waals surface area (Å²) in [6.45, 7) is -0.0974.